The summed E-state index contributed by atoms with van der Waals surface area (Å²) < 4.78 is 6.59. The molecule has 130 valence electrons. The number of carbonyl (C=O) groups is 1. The van der Waals surface area contributed by atoms with Crippen LogP contribution >= 0.6 is 0 Å². The highest BCUT2D eigenvalue weighted by molar-refractivity contribution is 5.75. The van der Waals surface area contributed by atoms with E-state index in [1.807, 2.05) is 18.2 Å². The van der Waals surface area contributed by atoms with Crippen molar-refractivity contribution in [2.75, 3.05) is 0 Å². The number of ether oxygens (including phenoxy) is 1. The van der Waals surface area contributed by atoms with Crippen molar-refractivity contribution in [3.63, 3.8) is 0 Å². The van der Waals surface area contributed by atoms with Gasteiger partial charge in [0.2, 0.25) is 0 Å². The van der Waals surface area contributed by atoms with Crippen LogP contribution in [0.3, 0.4) is 0 Å². The van der Waals surface area contributed by atoms with E-state index in [0.29, 0.717) is 16.7 Å². The first-order valence-corrected chi connectivity index (χ1v) is 9.56. The molecule has 0 radical (unpaired) electrons. The summed E-state index contributed by atoms with van der Waals surface area (Å²) in [5, 5.41) is 0. The first kappa shape index (κ1) is 16.2. The lowest BCUT2D eigenvalue weighted by Crippen LogP contribution is -2.61. The quantitative estimate of drug-likeness (QED) is 0.643. The molecular formula is C22H30O2. The minimum atomic E-state index is -0.0611. The molecule has 1 aromatic carbocycles. The Balaban J connectivity index is 1.77. The summed E-state index contributed by atoms with van der Waals surface area (Å²) in [7, 11) is 0. The second-order valence-corrected chi connectivity index (χ2v) is 9.60. The summed E-state index contributed by atoms with van der Waals surface area (Å²) in [6, 6.07) is 5.93. The highest BCUT2D eigenvalue weighted by atomic mass is 16.5. The summed E-state index contributed by atoms with van der Waals surface area (Å²) in [6.45, 7) is 9.80. The Bertz CT molecular complexity index is 677. The smallest absolute Gasteiger partial charge is 0.150 e. The van der Waals surface area contributed by atoms with Gasteiger partial charge in [-0.05, 0) is 79.5 Å². The molecule has 0 unspecified atom stereocenters. The molecule has 1 aliphatic heterocycles. The van der Waals surface area contributed by atoms with Crippen molar-refractivity contribution in [1.82, 2.24) is 0 Å². The van der Waals surface area contributed by atoms with Crippen LogP contribution in [0.4, 0.5) is 0 Å². The number of benzene rings is 1. The highest BCUT2D eigenvalue weighted by Crippen LogP contribution is 2.64. The molecule has 4 atom stereocenters. The summed E-state index contributed by atoms with van der Waals surface area (Å²) in [5.74, 6) is 2.31. The zero-order valence-electron chi connectivity index (χ0n) is 15.5. The van der Waals surface area contributed by atoms with Crippen LogP contribution in [0.15, 0.2) is 18.2 Å². The monoisotopic (exact) mass is 326 g/mol. The number of hydrogen-bond donors (Lipinski definition) is 0. The largest absolute Gasteiger partial charge is 0.487 e. The van der Waals surface area contributed by atoms with E-state index in [4.69, 9.17) is 4.74 Å². The Labute approximate surface area is 146 Å². The molecule has 24 heavy (non-hydrogen) atoms. The lowest BCUT2D eigenvalue weighted by Gasteiger charge is -2.63. The molecule has 1 aromatic rings. The van der Waals surface area contributed by atoms with Gasteiger partial charge in [0.15, 0.2) is 0 Å². The van der Waals surface area contributed by atoms with Crippen LogP contribution in [0.1, 0.15) is 75.7 Å². The van der Waals surface area contributed by atoms with E-state index in [1.165, 1.54) is 31.2 Å². The molecule has 0 N–H and O–H groups in total. The Morgan fingerprint density at radius 2 is 1.88 bits per heavy atom. The maximum atomic E-state index is 11.2. The van der Waals surface area contributed by atoms with E-state index in [-0.39, 0.29) is 5.60 Å². The Morgan fingerprint density at radius 3 is 2.62 bits per heavy atom. The third kappa shape index (κ3) is 2.18. The number of rotatable bonds is 1. The molecule has 2 saturated carbocycles. The van der Waals surface area contributed by atoms with Gasteiger partial charge in [0, 0.05) is 11.5 Å². The molecule has 0 bridgehead atoms. The van der Waals surface area contributed by atoms with Crippen LogP contribution in [0.5, 0.6) is 5.75 Å². The fourth-order valence-corrected chi connectivity index (χ4v) is 6.58. The first-order chi connectivity index (χ1) is 11.3. The van der Waals surface area contributed by atoms with Crippen molar-refractivity contribution in [1.29, 1.82) is 0 Å². The van der Waals surface area contributed by atoms with E-state index in [9.17, 15) is 4.79 Å². The van der Waals surface area contributed by atoms with E-state index < -0.39 is 0 Å². The van der Waals surface area contributed by atoms with Crippen molar-refractivity contribution in [3.05, 3.63) is 29.3 Å². The van der Waals surface area contributed by atoms with Gasteiger partial charge >= 0.3 is 0 Å². The van der Waals surface area contributed by atoms with E-state index in [1.54, 1.807) is 0 Å². The van der Waals surface area contributed by atoms with Gasteiger partial charge in [-0.2, -0.15) is 0 Å². The summed E-state index contributed by atoms with van der Waals surface area (Å²) in [5.41, 5.74) is 2.70. The molecule has 1 heterocycles. The van der Waals surface area contributed by atoms with Crippen LogP contribution in [-0.4, -0.2) is 11.9 Å². The van der Waals surface area contributed by atoms with Crippen molar-refractivity contribution < 1.29 is 9.53 Å². The molecule has 0 spiro atoms. The normalized spacial score (nSPS) is 39.8. The average molecular weight is 326 g/mol. The van der Waals surface area contributed by atoms with Gasteiger partial charge in [-0.15, -0.1) is 0 Å². The highest BCUT2D eigenvalue weighted by Gasteiger charge is 2.60. The molecule has 2 heteroatoms. The predicted octanol–water partition coefficient (Wildman–Crippen LogP) is 5.44. The molecule has 0 aromatic heterocycles. The lowest BCUT2D eigenvalue weighted by molar-refractivity contribution is -0.162. The summed E-state index contributed by atoms with van der Waals surface area (Å²) >= 11 is 0. The fourth-order valence-electron chi connectivity index (χ4n) is 6.58. The van der Waals surface area contributed by atoms with Crippen LogP contribution in [0.2, 0.25) is 0 Å². The van der Waals surface area contributed by atoms with Crippen molar-refractivity contribution >= 4 is 6.29 Å². The Hall–Kier alpha value is -1.31. The molecule has 0 amide bonds. The van der Waals surface area contributed by atoms with E-state index in [2.05, 4.69) is 27.7 Å². The van der Waals surface area contributed by atoms with Gasteiger partial charge in [0.1, 0.15) is 17.6 Å². The van der Waals surface area contributed by atoms with Gasteiger partial charge < -0.3 is 4.74 Å². The molecule has 2 aliphatic carbocycles. The second kappa shape index (κ2) is 5.09. The number of aldehydes is 1. The Morgan fingerprint density at radius 1 is 1.08 bits per heavy atom. The molecule has 0 saturated heterocycles. The lowest BCUT2D eigenvalue weighted by atomic mass is 9.44. The molecule has 2 nitrogen and oxygen atoms in total. The predicted molar refractivity (Wildman–Crippen MR) is 96.5 cm³/mol. The molecule has 2 fully saturated rings. The fraction of sp³-hybridized carbons (Fsp3) is 0.682. The SMILES string of the molecule is CC1(C)CCC[C@]2(C)[C@H]3Cc4cc(C=O)ccc4O[C@]3(C)CC[C@@H]12. The number of hydrogen-bond acceptors (Lipinski definition) is 2. The van der Waals surface area contributed by atoms with E-state index in [0.717, 1.165) is 36.4 Å². The standard InChI is InChI=1S/C22H30O2/c1-20(2)9-5-10-21(3)18(20)8-11-22(4)19(21)13-16-12-15(14-23)6-7-17(16)24-22/h6-7,12,14,18-19H,5,8-11,13H2,1-4H3/t18-,19+,21-,22+/m0/s1. The first-order valence-electron chi connectivity index (χ1n) is 9.56. The van der Waals surface area contributed by atoms with Crippen LogP contribution < -0.4 is 4.74 Å². The van der Waals surface area contributed by atoms with Crippen molar-refractivity contribution in [3.8, 4) is 5.75 Å². The van der Waals surface area contributed by atoms with Crippen LogP contribution in [0, 0.1) is 22.7 Å². The van der Waals surface area contributed by atoms with Gasteiger partial charge in [0.25, 0.3) is 0 Å². The van der Waals surface area contributed by atoms with Gasteiger partial charge in [0.05, 0.1) is 0 Å². The van der Waals surface area contributed by atoms with Gasteiger partial charge in [-0.3, -0.25) is 4.79 Å². The van der Waals surface area contributed by atoms with Crippen molar-refractivity contribution in [2.24, 2.45) is 22.7 Å². The van der Waals surface area contributed by atoms with Gasteiger partial charge in [-0.1, -0.05) is 27.2 Å². The molecule has 3 aliphatic rings. The van der Waals surface area contributed by atoms with Crippen LogP contribution in [-0.2, 0) is 6.42 Å². The summed E-state index contributed by atoms with van der Waals surface area (Å²) in [4.78, 5) is 11.2. The maximum absolute atomic E-state index is 11.2. The van der Waals surface area contributed by atoms with Crippen LogP contribution in [0.25, 0.3) is 0 Å². The minimum Gasteiger partial charge on any atom is -0.487 e. The van der Waals surface area contributed by atoms with E-state index >= 15 is 0 Å². The number of carbonyl (C=O) groups excluding carboxylic acids is 1. The maximum Gasteiger partial charge on any atom is 0.150 e. The zero-order chi connectivity index (χ0) is 17.2. The Kier molecular flexibility index (Phi) is 3.43. The van der Waals surface area contributed by atoms with Crippen molar-refractivity contribution in [2.45, 2.75) is 71.8 Å². The molecule has 4 rings (SSSR count). The topological polar surface area (TPSA) is 26.3 Å². The molecular weight excluding hydrogens is 296 g/mol. The van der Waals surface area contributed by atoms with Gasteiger partial charge in [-0.25, -0.2) is 0 Å². The second-order valence-electron chi connectivity index (χ2n) is 9.60. The number of fused-ring (bicyclic) bond motifs is 4. The zero-order valence-corrected chi connectivity index (χ0v) is 15.5. The third-order valence-corrected chi connectivity index (χ3v) is 7.73. The third-order valence-electron chi connectivity index (χ3n) is 7.73. The minimum absolute atomic E-state index is 0.0611. The average Bonchev–Trinajstić information content (AvgIpc) is 2.52. The summed E-state index contributed by atoms with van der Waals surface area (Å²) in [6.07, 6.45) is 8.42.